The minimum atomic E-state index is -4.18. The van der Waals surface area contributed by atoms with Crippen LogP contribution in [0.3, 0.4) is 0 Å². The lowest BCUT2D eigenvalue weighted by Crippen LogP contribution is -2.30. The summed E-state index contributed by atoms with van der Waals surface area (Å²) in [5.41, 5.74) is 1.85. The van der Waals surface area contributed by atoms with Crippen molar-refractivity contribution in [3.05, 3.63) is 45.3 Å². The third-order valence-electron chi connectivity index (χ3n) is 4.59. The van der Waals surface area contributed by atoms with Gasteiger partial charge in [-0.1, -0.05) is 53.3 Å². The molecule has 1 aliphatic rings. The number of phenolic OH excluding ortho intramolecular Hbond substituents is 1. The van der Waals surface area contributed by atoms with Crippen molar-refractivity contribution in [3.63, 3.8) is 0 Å². The summed E-state index contributed by atoms with van der Waals surface area (Å²) in [4.78, 5) is 32.7. The maximum atomic E-state index is 12.8. The Morgan fingerprint density at radius 3 is 2.03 bits per heavy atom. The van der Waals surface area contributed by atoms with Crippen molar-refractivity contribution in [2.75, 3.05) is 12.7 Å². The van der Waals surface area contributed by atoms with Crippen LogP contribution in [0.2, 0.25) is 0 Å². The molecule has 1 amide bonds. The quantitative estimate of drug-likeness (QED) is 0.470. The first-order valence-electron chi connectivity index (χ1n) is 9.38. The monoisotopic (exact) mass is 439 g/mol. The molecule has 1 aliphatic heterocycles. The van der Waals surface area contributed by atoms with Crippen LogP contribution in [0.25, 0.3) is 6.08 Å². The largest absolute Gasteiger partial charge is 0.507 e. The van der Waals surface area contributed by atoms with E-state index in [1.165, 1.54) is 22.9 Å². The molecule has 6 nitrogen and oxygen atoms in total. The van der Waals surface area contributed by atoms with E-state index in [4.69, 9.17) is 9.79 Å². The summed E-state index contributed by atoms with van der Waals surface area (Å²) in [6.07, 6.45) is 2.92. The lowest BCUT2D eigenvalue weighted by Gasteiger charge is -2.28. The molecule has 0 unspecified atom stereocenters. The summed E-state index contributed by atoms with van der Waals surface area (Å²) in [6.45, 7) is 12.1. The van der Waals surface area contributed by atoms with E-state index < -0.39 is 7.60 Å². The molecule has 8 heteroatoms. The molecule has 29 heavy (non-hydrogen) atoms. The molecular formula is C21H30NO5PS. The van der Waals surface area contributed by atoms with Crippen molar-refractivity contribution in [2.24, 2.45) is 0 Å². The minimum absolute atomic E-state index is 0.0480. The molecule has 2 rings (SSSR count). The summed E-state index contributed by atoms with van der Waals surface area (Å²) < 4.78 is 11.1. The van der Waals surface area contributed by atoms with Gasteiger partial charge in [0.05, 0.1) is 11.1 Å². The molecule has 160 valence electrons. The maximum absolute atomic E-state index is 12.8. The van der Waals surface area contributed by atoms with Crippen LogP contribution in [0, 0.1) is 0 Å². The van der Waals surface area contributed by atoms with Gasteiger partial charge in [-0.2, -0.15) is 0 Å². The average molecular weight is 440 g/mol. The van der Waals surface area contributed by atoms with Crippen molar-refractivity contribution >= 4 is 31.3 Å². The van der Waals surface area contributed by atoms with Crippen LogP contribution in [-0.2, 0) is 20.2 Å². The summed E-state index contributed by atoms with van der Waals surface area (Å²) in [5.74, 6) is -0.0217. The molecule has 1 aromatic carbocycles. The number of nitrogens with zero attached hydrogens (tertiary/aromatic N) is 1. The zero-order valence-electron chi connectivity index (χ0n) is 17.8. The van der Waals surface area contributed by atoms with E-state index in [1.54, 1.807) is 11.5 Å². The number of aromatic hydroxyl groups is 1. The van der Waals surface area contributed by atoms with Crippen molar-refractivity contribution in [3.8, 4) is 5.75 Å². The third kappa shape index (κ3) is 6.22. The smallest absolute Gasteiger partial charge is 0.327 e. The fourth-order valence-electron chi connectivity index (χ4n) is 2.98. The molecule has 0 spiro atoms. The maximum Gasteiger partial charge on any atom is 0.327 e. The Kier molecular flexibility index (Phi) is 6.80. The lowest BCUT2D eigenvalue weighted by atomic mass is 9.78. The number of carbonyl (C=O) groups excluding carboxylic acids is 1. The average Bonchev–Trinajstić information content (AvgIpc) is 2.54. The second-order valence-electron chi connectivity index (χ2n) is 9.26. The Labute approximate surface area is 176 Å². The molecule has 0 atom stereocenters. The summed E-state index contributed by atoms with van der Waals surface area (Å²) in [6, 6.07) is 3.79. The van der Waals surface area contributed by atoms with Gasteiger partial charge in [-0.3, -0.25) is 9.36 Å². The van der Waals surface area contributed by atoms with Crippen LogP contribution in [0.4, 0.5) is 0 Å². The van der Waals surface area contributed by atoms with E-state index in [2.05, 4.69) is 0 Å². The van der Waals surface area contributed by atoms with E-state index in [9.17, 15) is 14.5 Å². The van der Waals surface area contributed by atoms with E-state index in [0.29, 0.717) is 4.91 Å². The van der Waals surface area contributed by atoms with Crippen LogP contribution in [0.15, 0.2) is 28.6 Å². The molecule has 0 bridgehead atoms. The number of carbonyl (C=O) groups is 1. The van der Waals surface area contributed by atoms with Gasteiger partial charge in [-0.25, -0.2) is 0 Å². The van der Waals surface area contributed by atoms with Gasteiger partial charge < -0.3 is 19.8 Å². The normalized spacial score (nSPS) is 17.3. The fraction of sp³-hybridized carbons (Fsp3) is 0.476. The van der Waals surface area contributed by atoms with Gasteiger partial charge >= 0.3 is 7.60 Å². The van der Waals surface area contributed by atoms with E-state index in [-0.39, 0.29) is 35.2 Å². The van der Waals surface area contributed by atoms with Crippen molar-refractivity contribution in [1.29, 1.82) is 0 Å². The Hall–Kier alpha value is -1.53. The van der Waals surface area contributed by atoms with Gasteiger partial charge in [-0.15, -0.1) is 0 Å². The van der Waals surface area contributed by atoms with Crippen LogP contribution in [0.1, 0.15) is 58.2 Å². The van der Waals surface area contributed by atoms with Crippen LogP contribution >= 0.6 is 19.4 Å². The first-order valence-corrected chi connectivity index (χ1v) is 12.1. The number of rotatable bonds is 4. The lowest BCUT2D eigenvalue weighted by molar-refractivity contribution is -0.123. The number of amides is 1. The second kappa shape index (κ2) is 8.31. The molecule has 0 fully saturated rings. The molecule has 0 saturated carbocycles. The molecule has 0 saturated heterocycles. The van der Waals surface area contributed by atoms with E-state index in [0.717, 1.165) is 16.7 Å². The van der Waals surface area contributed by atoms with Crippen LogP contribution < -0.4 is 0 Å². The standard InChI is InChI=1S/C21H30NO5PS/c1-20(2,3)15-11-14(12-16(18(15)23)21(4,5)6)13-17-19(24)22(8-10-29-17)7-9-28(25,26)27/h8,10-13,23H,7,9H2,1-6H3,(H2,25,26,27). The molecule has 0 aliphatic carbocycles. The number of hydrogen-bond acceptors (Lipinski definition) is 4. The van der Waals surface area contributed by atoms with Gasteiger partial charge in [0, 0.05) is 23.9 Å². The molecular weight excluding hydrogens is 409 g/mol. The predicted molar refractivity (Wildman–Crippen MR) is 119 cm³/mol. The molecule has 3 N–H and O–H groups in total. The predicted octanol–water partition coefficient (Wildman–Crippen LogP) is 4.55. The van der Waals surface area contributed by atoms with Crippen molar-refractivity contribution in [2.45, 2.75) is 52.4 Å². The first kappa shape index (κ1) is 23.7. The van der Waals surface area contributed by atoms with Crippen molar-refractivity contribution in [1.82, 2.24) is 4.90 Å². The van der Waals surface area contributed by atoms with Gasteiger partial charge in [0.2, 0.25) is 0 Å². The molecule has 1 heterocycles. The third-order valence-corrected chi connectivity index (χ3v) is 6.17. The van der Waals surface area contributed by atoms with Gasteiger partial charge in [0.15, 0.2) is 0 Å². The number of hydrogen-bond donors (Lipinski definition) is 3. The zero-order valence-corrected chi connectivity index (χ0v) is 19.5. The Morgan fingerprint density at radius 1 is 1.07 bits per heavy atom. The Bertz CT molecular complexity index is 868. The van der Waals surface area contributed by atoms with Crippen LogP contribution in [0.5, 0.6) is 5.75 Å². The van der Waals surface area contributed by atoms with E-state index in [1.807, 2.05) is 53.7 Å². The Balaban J connectivity index is 2.46. The summed E-state index contributed by atoms with van der Waals surface area (Å²) in [5, 5.41) is 12.6. The van der Waals surface area contributed by atoms with Crippen LogP contribution in [-0.4, -0.2) is 38.4 Å². The van der Waals surface area contributed by atoms with Gasteiger partial charge in [0.25, 0.3) is 5.91 Å². The molecule has 0 radical (unpaired) electrons. The number of thioether (sulfide) groups is 1. The fourth-order valence-corrected chi connectivity index (χ4v) is 4.23. The van der Waals surface area contributed by atoms with Crippen molar-refractivity contribution < 1.29 is 24.3 Å². The first-order chi connectivity index (χ1) is 13.1. The molecule has 1 aromatic rings. The van der Waals surface area contributed by atoms with E-state index >= 15 is 0 Å². The highest BCUT2D eigenvalue weighted by molar-refractivity contribution is 8.06. The molecule has 0 aromatic heterocycles. The SMILES string of the molecule is CC(C)(C)c1cc(C=C2SC=CN(CCP(=O)(O)O)C2=O)cc(C(C)(C)C)c1O. The van der Waals surface area contributed by atoms with Gasteiger partial charge in [0.1, 0.15) is 5.75 Å². The highest BCUT2D eigenvalue weighted by Gasteiger charge is 2.27. The summed E-state index contributed by atoms with van der Waals surface area (Å²) >= 11 is 1.27. The number of phenols is 1. The highest BCUT2D eigenvalue weighted by atomic mass is 32.2. The zero-order chi connectivity index (χ0) is 22.2. The van der Waals surface area contributed by atoms with Gasteiger partial charge in [-0.05, 0) is 40.0 Å². The second-order valence-corrected chi connectivity index (χ2v) is 12.0. The topological polar surface area (TPSA) is 98.1 Å². The highest BCUT2D eigenvalue weighted by Crippen LogP contribution is 2.41. The summed E-state index contributed by atoms with van der Waals surface area (Å²) in [7, 11) is -4.18. The Morgan fingerprint density at radius 2 is 1.59 bits per heavy atom. The number of benzene rings is 1. The minimum Gasteiger partial charge on any atom is -0.507 e.